The molecule has 1 N–H and O–H groups in total. The second kappa shape index (κ2) is 6.62. The molecule has 2 aliphatic carbocycles. The van der Waals surface area contributed by atoms with Crippen molar-refractivity contribution >= 4 is 15.9 Å². The molecular weight excluding hydrogens is 310 g/mol. The lowest BCUT2D eigenvalue weighted by Gasteiger charge is -2.33. The number of fused-ring (bicyclic) bond motifs is 1. The molecule has 2 atom stereocenters. The van der Waals surface area contributed by atoms with Gasteiger partial charge in [0.15, 0.2) is 0 Å². The van der Waals surface area contributed by atoms with Crippen molar-refractivity contribution in [2.24, 2.45) is 5.92 Å². The summed E-state index contributed by atoms with van der Waals surface area (Å²) in [4.78, 5) is 0. The van der Waals surface area contributed by atoms with Crippen LogP contribution in [0.3, 0.4) is 0 Å². The van der Waals surface area contributed by atoms with E-state index in [0.29, 0.717) is 12.1 Å². The second-order valence-corrected chi connectivity index (χ2v) is 7.33. The Morgan fingerprint density at radius 3 is 2.75 bits per heavy atom. The Morgan fingerprint density at radius 1 is 1.20 bits per heavy atom. The first-order valence-corrected chi connectivity index (χ1v) is 9.12. The number of benzene rings is 1. The van der Waals surface area contributed by atoms with E-state index >= 15 is 0 Å². The summed E-state index contributed by atoms with van der Waals surface area (Å²) in [6.45, 7) is 2.35. The van der Waals surface area contributed by atoms with E-state index in [2.05, 4.69) is 46.4 Å². The van der Waals surface area contributed by atoms with Gasteiger partial charge in [-0.15, -0.1) is 0 Å². The molecule has 1 fully saturated rings. The molecule has 110 valence electrons. The molecule has 2 heteroatoms. The number of rotatable bonds is 4. The lowest BCUT2D eigenvalue weighted by molar-refractivity contribution is 0.245. The zero-order chi connectivity index (χ0) is 13.9. The van der Waals surface area contributed by atoms with Crippen molar-refractivity contribution in [3.05, 3.63) is 33.8 Å². The molecule has 0 amide bonds. The maximum atomic E-state index is 4.00. The second-order valence-electron chi connectivity index (χ2n) is 6.48. The Balaban J connectivity index is 1.70. The maximum Gasteiger partial charge on any atom is 0.0329 e. The summed E-state index contributed by atoms with van der Waals surface area (Å²) in [5.74, 6) is 0.907. The number of halogens is 1. The predicted octanol–water partition coefficient (Wildman–Crippen LogP) is 5.38. The fraction of sp³-hybridized carbons (Fsp3) is 0.667. The molecule has 1 nitrogen and oxygen atoms in total. The number of nitrogens with one attached hydrogen (secondary N) is 1. The monoisotopic (exact) mass is 335 g/mol. The molecule has 0 aromatic heterocycles. The number of hydrogen-bond acceptors (Lipinski definition) is 1. The fourth-order valence-corrected chi connectivity index (χ4v) is 4.74. The van der Waals surface area contributed by atoms with Crippen LogP contribution < -0.4 is 5.32 Å². The average molecular weight is 336 g/mol. The Bertz CT molecular complexity index is 451. The third kappa shape index (κ3) is 2.96. The normalized spacial score (nSPS) is 24.6. The summed E-state index contributed by atoms with van der Waals surface area (Å²) in [7, 11) is 0. The topological polar surface area (TPSA) is 12.0 Å². The van der Waals surface area contributed by atoms with Crippen molar-refractivity contribution in [3.63, 3.8) is 0 Å². The van der Waals surface area contributed by atoms with Gasteiger partial charge in [-0.3, -0.25) is 0 Å². The minimum absolute atomic E-state index is 0.578. The Morgan fingerprint density at radius 2 is 2.00 bits per heavy atom. The van der Waals surface area contributed by atoms with Gasteiger partial charge >= 0.3 is 0 Å². The summed E-state index contributed by atoms with van der Waals surface area (Å²) in [6.07, 6.45) is 11.0. The zero-order valence-corrected chi connectivity index (χ0v) is 14.1. The lowest BCUT2D eigenvalue weighted by Crippen LogP contribution is -2.38. The van der Waals surface area contributed by atoms with Crippen LogP contribution in [-0.4, -0.2) is 6.04 Å². The van der Waals surface area contributed by atoms with Crippen LogP contribution in [0.15, 0.2) is 22.7 Å². The Hall–Kier alpha value is -0.340. The fourth-order valence-electron chi connectivity index (χ4n) is 4.17. The van der Waals surface area contributed by atoms with Gasteiger partial charge in [-0.05, 0) is 55.2 Å². The predicted molar refractivity (Wildman–Crippen MR) is 89.0 cm³/mol. The highest BCUT2D eigenvalue weighted by Gasteiger charge is 2.29. The largest absolute Gasteiger partial charge is 0.307 e. The minimum Gasteiger partial charge on any atom is -0.307 e. The van der Waals surface area contributed by atoms with Gasteiger partial charge in [0.05, 0.1) is 0 Å². The molecule has 2 unspecified atom stereocenters. The third-order valence-corrected chi connectivity index (χ3v) is 6.03. The van der Waals surface area contributed by atoms with Crippen LogP contribution in [-0.2, 0) is 6.42 Å². The van der Waals surface area contributed by atoms with Gasteiger partial charge in [-0.1, -0.05) is 54.2 Å². The molecule has 0 bridgehead atoms. The molecule has 1 aromatic carbocycles. The Kier molecular flexibility index (Phi) is 4.83. The van der Waals surface area contributed by atoms with Gasteiger partial charge < -0.3 is 5.32 Å². The van der Waals surface area contributed by atoms with Crippen LogP contribution in [0.2, 0.25) is 0 Å². The van der Waals surface area contributed by atoms with Crippen molar-refractivity contribution < 1.29 is 0 Å². The van der Waals surface area contributed by atoms with E-state index in [9.17, 15) is 0 Å². The first kappa shape index (κ1) is 14.6. The molecule has 0 radical (unpaired) electrons. The minimum atomic E-state index is 0.578. The standard InChI is InChI=1S/C18H26BrN/c1-2-17(13-7-4-3-5-8-13)20-18-12-11-14-15(18)9-6-10-16(14)19/h6,9-10,13,17-18,20H,2-5,7-8,11-12H2,1H3. The van der Waals surface area contributed by atoms with Crippen LogP contribution in [0.25, 0.3) is 0 Å². The third-order valence-electron chi connectivity index (χ3n) is 5.29. The van der Waals surface area contributed by atoms with Gasteiger partial charge in [-0.25, -0.2) is 0 Å². The van der Waals surface area contributed by atoms with E-state index in [1.54, 1.807) is 0 Å². The number of hydrogen-bond donors (Lipinski definition) is 1. The first-order valence-electron chi connectivity index (χ1n) is 8.33. The van der Waals surface area contributed by atoms with Gasteiger partial charge in [0.2, 0.25) is 0 Å². The summed E-state index contributed by atoms with van der Waals surface area (Å²) in [5.41, 5.74) is 3.07. The summed E-state index contributed by atoms with van der Waals surface area (Å²) in [6, 6.07) is 7.97. The molecule has 0 aliphatic heterocycles. The van der Waals surface area contributed by atoms with Crippen LogP contribution in [0, 0.1) is 5.92 Å². The van der Waals surface area contributed by atoms with E-state index in [0.717, 1.165) is 5.92 Å². The molecule has 0 spiro atoms. The van der Waals surface area contributed by atoms with E-state index in [1.165, 1.54) is 67.0 Å². The van der Waals surface area contributed by atoms with E-state index in [1.807, 2.05) is 0 Å². The van der Waals surface area contributed by atoms with Crippen LogP contribution in [0.5, 0.6) is 0 Å². The van der Waals surface area contributed by atoms with Crippen molar-refractivity contribution in [1.29, 1.82) is 0 Å². The molecule has 3 rings (SSSR count). The SMILES string of the molecule is CCC(NC1CCc2c(Br)cccc21)C1CCCCC1. The van der Waals surface area contributed by atoms with Gasteiger partial charge in [0, 0.05) is 16.6 Å². The molecule has 0 heterocycles. The highest BCUT2D eigenvalue weighted by molar-refractivity contribution is 9.10. The summed E-state index contributed by atoms with van der Waals surface area (Å²) >= 11 is 3.71. The van der Waals surface area contributed by atoms with Crippen molar-refractivity contribution in [2.75, 3.05) is 0 Å². The van der Waals surface area contributed by atoms with Crippen molar-refractivity contribution in [2.45, 2.75) is 70.4 Å². The van der Waals surface area contributed by atoms with E-state index in [-0.39, 0.29) is 0 Å². The summed E-state index contributed by atoms with van der Waals surface area (Å²) < 4.78 is 1.30. The highest BCUT2D eigenvalue weighted by atomic mass is 79.9. The molecule has 2 aliphatic rings. The van der Waals surface area contributed by atoms with E-state index < -0.39 is 0 Å². The molecule has 1 aromatic rings. The summed E-state index contributed by atoms with van der Waals surface area (Å²) in [5, 5.41) is 4.00. The zero-order valence-electron chi connectivity index (χ0n) is 12.5. The average Bonchev–Trinajstić information content (AvgIpc) is 2.90. The van der Waals surface area contributed by atoms with E-state index in [4.69, 9.17) is 0 Å². The molecular formula is C18H26BrN. The molecule has 0 saturated heterocycles. The van der Waals surface area contributed by atoms with Crippen LogP contribution in [0.1, 0.15) is 69.0 Å². The smallest absolute Gasteiger partial charge is 0.0329 e. The Labute approximate surface area is 131 Å². The molecule has 1 saturated carbocycles. The van der Waals surface area contributed by atoms with Crippen molar-refractivity contribution in [3.8, 4) is 0 Å². The quantitative estimate of drug-likeness (QED) is 0.778. The van der Waals surface area contributed by atoms with Gasteiger partial charge in [0.1, 0.15) is 0 Å². The lowest BCUT2D eigenvalue weighted by atomic mass is 9.82. The van der Waals surface area contributed by atoms with Crippen LogP contribution >= 0.6 is 15.9 Å². The van der Waals surface area contributed by atoms with Gasteiger partial charge in [0.25, 0.3) is 0 Å². The maximum absolute atomic E-state index is 4.00. The van der Waals surface area contributed by atoms with Gasteiger partial charge in [-0.2, -0.15) is 0 Å². The highest BCUT2D eigenvalue weighted by Crippen LogP contribution is 2.37. The first-order chi connectivity index (χ1) is 9.79. The molecule has 20 heavy (non-hydrogen) atoms. The van der Waals surface area contributed by atoms with Crippen molar-refractivity contribution in [1.82, 2.24) is 5.32 Å². The van der Waals surface area contributed by atoms with Crippen LogP contribution in [0.4, 0.5) is 0 Å².